The number of carbonyl (C=O) groups excluding carboxylic acids is 1. The van der Waals surface area contributed by atoms with Crippen molar-refractivity contribution in [1.82, 2.24) is 5.32 Å². The van der Waals surface area contributed by atoms with Gasteiger partial charge in [0.15, 0.2) is 0 Å². The van der Waals surface area contributed by atoms with Crippen molar-refractivity contribution in [2.75, 3.05) is 0 Å². The summed E-state index contributed by atoms with van der Waals surface area (Å²) >= 11 is 0. The van der Waals surface area contributed by atoms with Crippen LogP contribution in [0.25, 0.3) is 0 Å². The van der Waals surface area contributed by atoms with Gasteiger partial charge in [-0.25, -0.2) is 13.6 Å². The maximum atomic E-state index is 14.0. The van der Waals surface area contributed by atoms with E-state index in [0.717, 1.165) is 0 Å². The summed E-state index contributed by atoms with van der Waals surface area (Å²) in [6.07, 6.45) is 0.410. The Morgan fingerprint density at radius 2 is 1.74 bits per heavy atom. The van der Waals surface area contributed by atoms with Crippen molar-refractivity contribution in [1.29, 1.82) is 0 Å². The van der Waals surface area contributed by atoms with Gasteiger partial charge < -0.3 is 15.8 Å². The van der Waals surface area contributed by atoms with E-state index < -0.39 is 35.1 Å². The molecule has 6 heteroatoms. The number of amides is 1. The van der Waals surface area contributed by atoms with Crippen molar-refractivity contribution in [2.24, 2.45) is 5.73 Å². The van der Waals surface area contributed by atoms with E-state index >= 15 is 0 Å². The molecular formula is C13H22F2N2O2. The Hall–Kier alpha value is -0.910. The van der Waals surface area contributed by atoms with Gasteiger partial charge in [-0.3, -0.25) is 0 Å². The number of ether oxygens (including phenoxy) is 1. The van der Waals surface area contributed by atoms with Crippen molar-refractivity contribution in [3.8, 4) is 0 Å². The van der Waals surface area contributed by atoms with Crippen molar-refractivity contribution < 1.29 is 18.3 Å². The first-order valence-corrected chi connectivity index (χ1v) is 6.65. The number of rotatable bonds is 1. The van der Waals surface area contributed by atoms with Gasteiger partial charge in [-0.15, -0.1) is 0 Å². The van der Waals surface area contributed by atoms with E-state index in [1.807, 2.05) is 0 Å². The first-order valence-electron chi connectivity index (χ1n) is 6.65. The molecule has 0 unspecified atom stereocenters. The lowest BCUT2D eigenvalue weighted by atomic mass is 9.60. The molecule has 1 amide bonds. The molecule has 3 N–H and O–H groups in total. The van der Waals surface area contributed by atoms with Crippen molar-refractivity contribution in [3.05, 3.63) is 0 Å². The molecule has 0 aromatic rings. The van der Waals surface area contributed by atoms with E-state index in [2.05, 4.69) is 5.32 Å². The van der Waals surface area contributed by atoms with Gasteiger partial charge in [-0.05, 0) is 46.5 Å². The number of hydrogen-bond donors (Lipinski definition) is 2. The highest BCUT2D eigenvalue weighted by Gasteiger charge is 2.63. The van der Waals surface area contributed by atoms with Crippen LogP contribution in [0, 0.1) is 0 Å². The molecule has 0 spiro atoms. The van der Waals surface area contributed by atoms with E-state index in [-0.39, 0.29) is 12.8 Å². The molecule has 110 valence electrons. The average molecular weight is 276 g/mol. The molecule has 0 aromatic carbocycles. The van der Waals surface area contributed by atoms with Crippen LogP contribution in [0.1, 0.15) is 52.9 Å². The molecule has 19 heavy (non-hydrogen) atoms. The van der Waals surface area contributed by atoms with Crippen molar-refractivity contribution in [2.45, 2.75) is 75.5 Å². The number of alkyl halides is 2. The van der Waals surface area contributed by atoms with Gasteiger partial charge >= 0.3 is 6.09 Å². The zero-order valence-electron chi connectivity index (χ0n) is 11.7. The van der Waals surface area contributed by atoms with E-state index in [9.17, 15) is 13.6 Å². The topological polar surface area (TPSA) is 64.3 Å². The Bertz CT molecular complexity index is 383. The second kappa shape index (κ2) is 4.04. The van der Waals surface area contributed by atoms with E-state index in [1.165, 1.54) is 0 Å². The minimum atomic E-state index is -2.93. The third kappa shape index (κ3) is 2.68. The second-order valence-electron chi connectivity index (χ2n) is 6.94. The number of fused-ring (bicyclic) bond motifs is 3. The number of nitrogens with two attached hydrogens (primary N) is 1. The molecule has 2 bridgehead atoms. The van der Waals surface area contributed by atoms with E-state index in [4.69, 9.17) is 10.5 Å². The van der Waals surface area contributed by atoms with Gasteiger partial charge in [-0.1, -0.05) is 0 Å². The summed E-state index contributed by atoms with van der Waals surface area (Å²) < 4.78 is 33.2. The fraction of sp³-hybridized carbons (Fsp3) is 0.923. The maximum Gasteiger partial charge on any atom is 0.408 e. The Labute approximate surface area is 112 Å². The van der Waals surface area contributed by atoms with Gasteiger partial charge in [0.25, 0.3) is 5.92 Å². The molecule has 0 atom stereocenters. The lowest BCUT2D eigenvalue weighted by Gasteiger charge is -2.55. The Kier molecular flexibility index (Phi) is 3.08. The molecular weight excluding hydrogens is 254 g/mol. The van der Waals surface area contributed by atoms with Crippen molar-refractivity contribution >= 4 is 6.09 Å². The highest BCUT2D eigenvalue weighted by atomic mass is 19.3. The molecule has 3 saturated carbocycles. The molecule has 4 nitrogen and oxygen atoms in total. The fourth-order valence-corrected chi connectivity index (χ4v) is 3.01. The molecule has 3 aliphatic carbocycles. The quantitative estimate of drug-likeness (QED) is 0.773. The van der Waals surface area contributed by atoms with Gasteiger partial charge in [0.1, 0.15) is 5.60 Å². The third-order valence-corrected chi connectivity index (χ3v) is 4.15. The molecule has 0 heterocycles. The minimum Gasteiger partial charge on any atom is -0.444 e. The Morgan fingerprint density at radius 1 is 1.21 bits per heavy atom. The predicted octanol–water partition coefficient (Wildman–Crippen LogP) is 2.56. The van der Waals surface area contributed by atoms with Gasteiger partial charge in [0.2, 0.25) is 0 Å². The normalized spacial score (nSPS) is 36.9. The van der Waals surface area contributed by atoms with Crippen molar-refractivity contribution in [3.63, 3.8) is 0 Å². The van der Waals surface area contributed by atoms with Crippen LogP contribution in [-0.2, 0) is 4.74 Å². The summed E-state index contributed by atoms with van der Waals surface area (Å²) in [6.45, 7) is 5.22. The summed E-state index contributed by atoms with van der Waals surface area (Å²) in [5.41, 5.74) is 2.87. The SMILES string of the molecule is CC(C)(C)OC(=O)NC12CCC(N)(CC1)C(F)(F)C2. The van der Waals surface area contributed by atoms with Gasteiger partial charge in [0, 0.05) is 12.0 Å². The van der Waals surface area contributed by atoms with E-state index in [0.29, 0.717) is 12.8 Å². The molecule has 3 fully saturated rings. The molecule has 3 rings (SSSR count). The molecule has 0 radical (unpaired) electrons. The first kappa shape index (κ1) is 14.5. The summed E-state index contributed by atoms with van der Waals surface area (Å²) in [5, 5.41) is 2.65. The molecule has 0 aromatic heterocycles. The van der Waals surface area contributed by atoms with Gasteiger partial charge in [0.05, 0.1) is 5.54 Å². The van der Waals surface area contributed by atoms with Crippen LogP contribution in [0.2, 0.25) is 0 Å². The standard InChI is InChI=1S/C13H22F2N2O2/c1-10(2,3)19-9(18)17-11-4-6-12(16,7-5-11)13(14,15)8-11/h4-8,16H2,1-3H3,(H,17,18). The maximum absolute atomic E-state index is 14.0. The molecule has 0 aliphatic heterocycles. The Balaban J connectivity index is 2.07. The fourth-order valence-electron chi connectivity index (χ4n) is 3.01. The van der Waals surface area contributed by atoms with Crippen LogP contribution >= 0.6 is 0 Å². The summed E-state index contributed by atoms with van der Waals surface area (Å²) in [7, 11) is 0. The highest BCUT2D eigenvalue weighted by Crippen LogP contribution is 2.53. The number of halogens is 2. The highest BCUT2D eigenvalue weighted by molar-refractivity contribution is 5.69. The monoisotopic (exact) mass is 276 g/mol. The van der Waals surface area contributed by atoms with Crippen LogP contribution < -0.4 is 11.1 Å². The van der Waals surface area contributed by atoms with Crippen LogP contribution in [-0.4, -0.2) is 28.7 Å². The number of carbonyl (C=O) groups is 1. The van der Waals surface area contributed by atoms with Crippen LogP contribution in [0.4, 0.5) is 13.6 Å². The third-order valence-electron chi connectivity index (χ3n) is 4.15. The van der Waals surface area contributed by atoms with Gasteiger partial charge in [-0.2, -0.15) is 0 Å². The molecule has 3 aliphatic rings. The first-order chi connectivity index (χ1) is 8.47. The number of nitrogens with one attached hydrogen (secondary N) is 1. The summed E-state index contributed by atoms with van der Waals surface area (Å²) in [5.74, 6) is -2.93. The Morgan fingerprint density at radius 3 is 2.16 bits per heavy atom. The largest absolute Gasteiger partial charge is 0.444 e. The molecule has 0 saturated heterocycles. The zero-order valence-corrected chi connectivity index (χ0v) is 11.7. The summed E-state index contributed by atoms with van der Waals surface area (Å²) in [6, 6.07) is 0. The lowest BCUT2D eigenvalue weighted by molar-refractivity contribution is -0.158. The summed E-state index contributed by atoms with van der Waals surface area (Å²) in [4.78, 5) is 11.8. The van der Waals surface area contributed by atoms with Crippen LogP contribution in [0.3, 0.4) is 0 Å². The van der Waals surface area contributed by atoms with E-state index in [1.54, 1.807) is 20.8 Å². The number of alkyl carbamates (subject to hydrolysis) is 1. The smallest absolute Gasteiger partial charge is 0.408 e. The predicted molar refractivity (Wildman–Crippen MR) is 67.1 cm³/mol. The second-order valence-corrected chi connectivity index (χ2v) is 6.94. The van der Waals surface area contributed by atoms with Crippen LogP contribution in [0.15, 0.2) is 0 Å². The zero-order chi connectivity index (χ0) is 14.5. The minimum absolute atomic E-state index is 0.232. The average Bonchev–Trinajstić information content (AvgIpc) is 2.17. The van der Waals surface area contributed by atoms with Crippen LogP contribution in [0.5, 0.6) is 0 Å². The lowest BCUT2D eigenvalue weighted by Crippen LogP contribution is -2.71. The number of hydrogen-bond acceptors (Lipinski definition) is 3.